The maximum absolute atomic E-state index is 6.66. The van der Waals surface area contributed by atoms with Crippen molar-refractivity contribution in [2.45, 2.75) is 0 Å². The predicted octanol–water partition coefficient (Wildman–Crippen LogP) is 13.6. The largest absolute Gasteiger partial charge is 0.455 e. The van der Waals surface area contributed by atoms with Crippen molar-refractivity contribution >= 4 is 114 Å². The molecule has 3 nitrogen and oxygen atoms in total. The number of para-hydroxylation sites is 1. The van der Waals surface area contributed by atoms with Crippen LogP contribution in [0.1, 0.15) is 0 Å². The molecule has 0 N–H and O–H groups in total. The summed E-state index contributed by atoms with van der Waals surface area (Å²) in [7, 11) is 0. The summed E-state index contributed by atoms with van der Waals surface area (Å²) in [5, 5.41) is 11.6. The van der Waals surface area contributed by atoms with Crippen LogP contribution >= 0.6 is 11.3 Å². The summed E-state index contributed by atoms with van der Waals surface area (Å²) in [6, 6.07) is 54.0. The van der Waals surface area contributed by atoms with Gasteiger partial charge in [-0.15, -0.1) is 11.3 Å². The molecule has 8 aromatic carbocycles. The SMILES string of the molecule is c1ccc(N(c2ccc3c(c2)oc2c4ccccc4ccc32)c2cccc3sc4ccc5oc6c7ccccc7ccc6c5c4c23)cc1. The van der Waals surface area contributed by atoms with Crippen molar-refractivity contribution in [3.8, 4) is 0 Å². The number of fused-ring (bicyclic) bond motifs is 14. The Kier molecular flexibility index (Phi) is 5.26. The highest BCUT2D eigenvalue weighted by molar-refractivity contribution is 7.26. The zero-order valence-electron chi connectivity index (χ0n) is 25.6. The van der Waals surface area contributed by atoms with Crippen LogP contribution in [0.5, 0.6) is 0 Å². The van der Waals surface area contributed by atoms with Gasteiger partial charge in [-0.2, -0.15) is 0 Å². The second-order valence-corrected chi connectivity index (χ2v) is 13.5. The number of anilines is 3. The summed E-state index contributed by atoms with van der Waals surface area (Å²) >= 11 is 1.83. The maximum Gasteiger partial charge on any atom is 0.143 e. The lowest BCUT2D eigenvalue weighted by molar-refractivity contribution is 0.672. The number of nitrogens with zero attached hydrogens (tertiary/aromatic N) is 1. The number of furan rings is 2. The quantitative estimate of drug-likeness (QED) is 0.194. The van der Waals surface area contributed by atoms with Crippen LogP contribution < -0.4 is 4.90 Å². The fraction of sp³-hybridized carbons (Fsp3) is 0. The van der Waals surface area contributed by atoms with Crippen LogP contribution in [0.2, 0.25) is 0 Å². The zero-order chi connectivity index (χ0) is 31.3. The molecule has 0 saturated heterocycles. The van der Waals surface area contributed by atoms with Gasteiger partial charge in [-0.05, 0) is 71.4 Å². The lowest BCUT2D eigenvalue weighted by atomic mass is 10.0. The molecule has 48 heavy (non-hydrogen) atoms. The van der Waals surface area contributed by atoms with E-state index in [0.717, 1.165) is 66.3 Å². The summed E-state index contributed by atoms with van der Waals surface area (Å²) in [6.07, 6.45) is 0. The molecule has 3 heterocycles. The van der Waals surface area contributed by atoms with Crippen LogP contribution in [0.3, 0.4) is 0 Å². The van der Waals surface area contributed by atoms with E-state index in [-0.39, 0.29) is 0 Å². The summed E-state index contributed by atoms with van der Waals surface area (Å²) in [4.78, 5) is 2.37. The third-order valence-electron chi connectivity index (χ3n) is 9.82. The molecule has 4 heteroatoms. The lowest BCUT2D eigenvalue weighted by Gasteiger charge is -2.26. The Morgan fingerprint density at radius 2 is 1.06 bits per heavy atom. The highest BCUT2D eigenvalue weighted by atomic mass is 32.1. The normalized spacial score (nSPS) is 12.2. The van der Waals surface area contributed by atoms with Gasteiger partial charge in [0.25, 0.3) is 0 Å². The van der Waals surface area contributed by atoms with Gasteiger partial charge >= 0.3 is 0 Å². The van der Waals surface area contributed by atoms with E-state index in [9.17, 15) is 0 Å². The Balaban J connectivity index is 1.22. The van der Waals surface area contributed by atoms with Crippen molar-refractivity contribution in [3.63, 3.8) is 0 Å². The molecule has 0 saturated carbocycles. The van der Waals surface area contributed by atoms with Crippen LogP contribution in [0, 0.1) is 0 Å². The van der Waals surface area contributed by atoms with Crippen molar-refractivity contribution in [3.05, 3.63) is 152 Å². The van der Waals surface area contributed by atoms with Crippen molar-refractivity contribution < 1.29 is 8.83 Å². The fourth-order valence-corrected chi connectivity index (χ4v) is 8.84. The Labute approximate surface area is 278 Å². The first-order chi connectivity index (χ1) is 23.8. The molecule has 0 atom stereocenters. The van der Waals surface area contributed by atoms with E-state index in [1.165, 1.54) is 36.3 Å². The molecule has 0 bridgehead atoms. The molecular weight excluding hydrogens is 607 g/mol. The minimum absolute atomic E-state index is 0.872. The van der Waals surface area contributed by atoms with Gasteiger partial charge in [0.05, 0.1) is 5.69 Å². The number of rotatable bonds is 3. The third kappa shape index (κ3) is 3.58. The van der Waals surface area contributed by atoms with Crippen LogP contribution in [0.4, 0.5) is 17.1 Å². The molecule has 11 aromatic rings. The average Bonchev–Trinajstić information content (AvgIpc) is 3.83. The second-order valence-electron chi connectivity index (χ2n) is 12.4. The van der Waals surface area contributed by atoms with Crippen LogP contribution in [-0.4, -0.2) is 0 Å². The van der Waals surface area contributed by atoms with Gasteiger partial charge in [-0.25, -0.2) is 0 Å². The molecule has 0 unspecified atom stereocenters. The monoisotopic (exact) mass is 631 g/mol. The van der Waals surface area contributed by atoms with Gasteiger partial charge in [0.15, 0.2) is 0 Å². The number of benzene rings is 8. The van der Waals surface area contributed by atoms with E-state index in [1.54, 1.807) is 0 Å². The first kappa shape index (κ1) is 26.0. The molecule has 0 aliphatic heterocycles. The summed E-state index contributed by atoms with van der Waals surface area (Å²) in [5.74, 6) is 0. The maximum atomic E-state index is 6.66. The molecule has 0 radical (unpaired) electrons. The first-order valence-corrected chi connectivity index (χ1v) is 17.0. The second kappa shape index (κ2) is 9.71. The molecule has 3 aromatic heterocycles. The van der Waals surface area contributed by atoms with Crippen LogP contribution in [0.15, 0.2) is 160 Å². The van der Waals surface area contributed by atoms with E-state index >= 15 is 0 Å². The summed E-state index contributed by atoms with van der Waals surface area (Å²) in [5.41, 5.74) is 6.89. The third-order valence-corrected chi connectivity index (χ3v) is 10.9. The minimum atomic E-state index is 0.872. The standard InChI is InChI=1S/C44H25NO2S/c1-2-11-28(12-3-1)45(29-19-22-32-33-20-17-26-9-4-6-13-30(26)43(33)47-37(32)25-29)35-15-8-16-38-41(35)42-39(48-38)24-23-36-40(42)34-21-18-27-10-5-7-14-31(27)44(34)46-36/h1-25H. The van der Waals surface area contributed by atoms with Crippen molar-refractivity contribution in [1.82, 2.24) is 0 Å². The van der Waals surface area contributed by atoms with E-state index in [1.807, 2.05) is 11.3 Å². The smallest absolute Gasteiger partial charge is 0.143 e. The van der Waals surface area contributed by atoms with Gasteiger partial charge in [0.2, 0.25) is 0 Å². The van der Waals surface area contributed by atoms with Crippen molar-refractivity contribution in [2.75, 3.05) is 4.90 Å². The molecule has 11 rings (SSSR count). The van der Waals surface area contributed by atoms with Gasteiger partial charge in [0.1, 0.15) is 22.3 Å². The molecule has 0 amide bonds. The fourth-order valence-electron chi connectivity index (χ4n) is 7.71. The summed E-state index contributed by atoms with van der Waals surface area (Å²) in [6.45, 7) is 0. The highest BCUT2D eigenvalue weighted by Crippen LogP contribution is 2.49. The molecule has 0 fully saturated rings. The van der Waals surface area contributed by atoms with Crippen molar-refractivity contribution in [1.29, 1.82) is 0 Å². The topological polar surface area (TPSA) is 29.5 Å². The average molecular weight is 632 g/mol. The Morgan fingerprint density at radius 1 is 0.396 bits per heavy atom. The van der Waals surface area contributed by atoms with Gasteiger partial charge in [-0.3, -0.25) is 0 Å². The van der Waals surface area contributed by atoms with Crippen molar-refractivity contribution in [2.24, 2.45) is 0 Å². The lowest BCUT2D eigenvalue weighted by Crippen LogP contribution is -2.10. The molecule has 0 aliphatic carbocycles. The Hall–Kier alpha value is -6.10. The van der Waals surface area contributed by atoms with Gasteiger partial charge in [0, 0.05) is 69.9 Å². The van der Waals surface area contributed by atoms with E-state index < -0.39 is 0 Å². The van der Waals surface area contributed by atoms with Crippen LogP contribution in [-0.2, 0) is 0 Å². The predicted molar refractivity (Wildman–Crippen MR) is 204 cm³/mol. The number of hydrogen-bond donors (Lipinski definition) is 0. The van der Waals surface area contributed by atoms with Crippen LogP contribution in [0.25, 0.3) is 85.6 Å². The number of thiophene rings is 1. The van der Waals surface area contributed by atoms with Gasteiger partial charge < -0.3 is 13.7 Å². The number of hydrogen-bond acceptors (Lipinski definition) is 4. The zero-order valence-corrected chi connectivity index (χ0v) is 26.4. The molecular formula is C44H25NO2S. The minimum Gasteiger partial charge on any atom is -0.455 e. The van der Waals surface area contributed by atoms with E-state index in [0.29, 0.717) is 0 Å². The van der Waals surface area contributed by atoms with E-state index in [2.05, 4.69) is 157 Å². The van der Waals surface area contributed by atoms with E-state index in [4.69, 9.17) is 8.83 Å². The highest BCUT2D eigenvalue weighted by Gasteiger charge is 2.23. The molecule has 0 spiro atoms. The Bertz CT molecular complexity index is 3070. The van der Waals surface area contributed by atoms with Gasteiger partial charge in [-0.1, -0.05) is 84.9 Å². The summed E-state index contributed by atoms with van der Waals surface area (Å²) < 4.78 is 15.8. The molecule has 224 valence electrons. The molecule has 0 aliphatic rings. The Morgan fingerprint density at radius 3 is 1.88 bits per heavy atom. The first-order valence-electron chi connectivity index (χ1n) is 16.2.